The second-order valence-electron chi connectivity index (χ2n) is 3.71. The van der Waals surface area contributed by atoms with Crippen LogP contribution in [0.2, 0.25) is 5.02 Å². The molecule has 0 fully saturated rings. The topological polar surface area (TPSA) is 79.3 Å². The number of rotatable bonds is 3. The fourth-order valence-electron chi connectivity index (χ4n) is 1.41. The van der Waals surface area contributed by atoms with E-state index >= 15 is 0 Å². The van der Waals surface area contributed by atoms with Crippen LogP contribution in [0.4, 0.5) is 5.69 Å². The molecule has 2 aromatic rings. The van der Waals surface area contributed by atoms with Crippen molar-refractivity contribution >= 4 is 40.5 Å². The van der Waals surface area contributed by atoms with Crippen molar-refractivity contribution in [3.63, 3.8) is 0 Å². The van der Waals surface area contributed by atoms with Gasteiger partial charge in [0.15, 0.2) is 0 Å². The summed E-state index contributed by atoms with van der Waals surface area (Å²) in [6.45, 7) is 1.79. The average Bonchev–Trinajstić information content (AvgIpc) is 2.78. The maximum absolute atomic E-state index is 11.9. The van der Waals surface area contributed by atoms with Crippen LogP contribution in [0.1, 0.15) is 25.9 Å². The zero-order valence-corrected chi connectivity index (χ0v) is 11.4. The molecule has 2 N–H and O–H groups in total. The third-order valence-corrected chi connectivity index (χ3v) is 3.42. The summed E-state index contributed by atoms with van der Waals surface area (Å²) < 4.78 is 0. The number of carboxylic acids is 1. The number of hydrogen-bond acceptors (Lipinski definition) is 4. The molecule has 0 atom stereocenters. The second kappa shape index (κ2) is 5.38. The number of aromatic nitrogens is 1. The lowest BCUT2D eigenvalue weighted by atomic mass is 10.2. The highest BCUT2D eigenvalue weighted by Gasteiger charge is 2.13. The highest BCUT2D eigenvalue weighted by Crippen LogP contribution is 2.24. The van der Waals surface area contributed by atoms with Gasteiger partial charge in [-0.05, 0) is 25.1 Å². The maximum Gasteiger partial charge on any atom is 0.335 e. The van der Waals surface area contributed by atoms with Gasteiger partial charge in [0.05, 0.1) is 21.3 Å². The normalized spacial score (nSPS) is 10.2. The van der Waals surface area contributed by atoms with Gasteiger partial charge in [0.2, 0.25) is 0 Å². The van der Waals surface area contributed by atoms with Crippen LogP contribution >= 0.6 is 22.9 Å². The molecular formula is C12H9ClN2O3S. The lowest BCUT2D eigenvalue weighted by Gasteiger charge is -2.06. The molecule has 0 spiro atoms. The smallest absolute Gasteiger partial charge is 0.335 e. The third-order valence-electron chi connectivity index (χ3n) is 2.31. The summed E-state index contributed by atoms with van der Waals surface area (Å²) in [6, 6.07) is 4.10. The van der Waals surface area contributed by atoms with Crippen LogP contribution in [-0.4, -0.2) is 22.0 Å². The minimum Gasteiger partial charge on any atom is -0.478 e. The van der Waals surface area contributed by atoms with Gasteiger partial charge in [-0.3, -0.25) is 4.79 Å². The minimum absolute atomic E-state index is 0.0501. The quantitative estimate of drug-likeness (QED) is 0.912. The van der Waals surface area contributed by atoms with Gasteiger partial charge in [0.25, 0.3) is 5.91 Å². The van der Waals surface area contributed by atoms with E-state index in [-0.39, 0.29) is 22.0 Å². The number of aromatic carboxylic acids is 1. The standard InChI is InChI=1S/C12H9ClN2O3S/c1-6-14-10(5-19-6)11(16)15-9-4-7(12(17)18)2-3-8(9)13/h2-5H,1H3,(H,15,16)(H,17,18). The molecule has 7 heteroatoms. The highest BCUT2D eigenvalue weighted by atomic mass is 35.5. The van der Waals surface area contributed by atoms with E-state index in [1.165, 1.54) is 29.5 Å². The van der Waals surface area contributed by atoms with Crippen LogP contribution in [0.5, 0.6) is 0 Å². The van der Waals surface area contributed by atoms with E-state index in [0.717, 1.165) is 5.01 Å². The Morgan fingerprint density at radius 2 is 2.16 bits per heavy atom. The monoisotopic (exact) mass is 296 g/mol. The number of nitrogens with zero attached hydrogens (tertiary/aromatic N) is 1. The zero-order valence-electron chi connectivity index (χ0n) is 9.81. The lowest BCUT2D eigenvalue weighted by molar-refractivity contribution is 0.0696. The van der Waals surface area contributed by atoms with Crippen LogP contribution in [-0.2, 0) is 0 Å². The van der Waals surface area contributed by atoms with Gasteiger partial charge < -0.3 is 10.4 Å². The Kier molecular flexibility index (Phi) is 3.82. The van der Waals surface area contributed by atoms with E-state index in [9.17, 15) is 9.59 Å². The molecule has 1 amide bonds. The Morgan fingerprint density at radius 3 is 2.74 bits per heavy atom. The Balaban J connectivity index is 2.25. The first-order valence-corrected chi connectivity index (χ1v) is 6.49. The van der Waals surface area contributed by atoms with E-state index in [1.54, 1.807) is 12.3 Å². The van der Waals surface area contributed by atoms with Gasteiger partial charge in [-0.1, -0.05) is 11.6 Å². The molecule has 98 valence electrons. The average molecular weight is 297 g/mol. The van der Waals surface area contributed by atoms with Gasteiger partial charge in [-0.2, -0.15) is 0 Å². The van der Waals surface area contributed by atoms with Crippen molar-refractivity contribution in [3.8, 4) is 0 Å². The van der Waals surface area contributed by atoms with Crippen LogP contribution in [0.15, 0.2) is 23.6 Å². The van der Waals surface area contributed by atoms with Crippen molar-refractivity contribution in [1.29, 1.82) is 0 Å². The number of thiazole rings is 1. The van der Waals surface area contributed by atoms with Crippen LogP contribution in [0.3, 0.4) is 0 Å². The fourth-order valence-corrected chi connectivity index (χ4v) is 2.17. The summed E-state index contributed by atoms with van der Waals surface area (Å²) >= 11 is 7.27. The molecule has 19 heavy (non-hydrogen) atoms. The SMILES string of the molecule is Cc1nc(C(=O)Nc2cc(C(=O)O)ccc2Cl)cs1. The predicted octanol–water partition coefficient (Wildman–Crippen LogP) is 3.06. The summed E-state index contributed by atoms with van der Waals surface area (Å²) in [5, 5.41) is 14.1. The Labute approximate surface area is 117 Å². The Hall–Kier alpha value is -1.92. The van der Waals surface area contributed by atoms with Crippen molar-refractivity contribution in [1.82, 2.24) is 4.98 Å². The number of nitrogens with one attached hydrogen (secondary N) is 1. The molecule has 2 rings (SSSR count). The van der Waals surface area contributed by atoms with E-state index in [1.807, 2.05) is 0 Å². The minimum atomic E-state index is -1.09. The molecule has 0 aliphatic rings. The number of benzene rings is 1. The van der Waals surface area contributed by atoms with Gasteiger partial charge in [0, 0.05) is 5.38 Å². The largest absolute Gasteiger partial charge is 0.478 e. The molecule has 1 aromatic carbocycles. The van der Waals surface area contributed by atoms with E-state index in [4.69, 9.17) is 16.7 Å². The number of carboxylic acid groups (broad SMARTS) is 1. The number of anilines is 1. The van der Waals surface area contributed by atoms with Gasteiger partial charge in [-0.25, -0.2) is 9.78 Å². The summed E-state index contributed by atoms with van der Waals surface area (Å²) in [5.74, 6) is -1.51. The van der Waals surface area contributed by atoms with Crippen LogP contribution in [0, 0.1) is 6.92 Å². The van der Waals surface area contributed by atoms with Crippen LogP contribution < -0.4 is 5.32 Å². The van der Waals surface area contributed by atoms with E-state index in [0.29, 0.717) is 0 Å². The molecule has 0 bridgehead atoms. The van der Waals surface area contributed by atoms with Crippen molar-refractivity contribution in [2.75, 3.05) is 5.32 Å². The lowest BCUT2D eigenvalue weighted by Crippen LogP contribution is -2.13. The Bertz CT molecular complexity index is 654. The van der Waals surface area contributed by atoms with Crippen LogP contribution in [0.25, 0.3) is 0 Å². The number of carbonyl (C=O) groups excluding carboxylic acids is 1. The third kappa shape index (κ3) is 3.10. The predicted molar refractivity (Wildman–Crippen MR) is 73.2 cm³/mol. The van der Waals surface area contributed by atoms with Gasteiger partial charge in [-0.15, -0.1) is 11.3 Å². The van der Waals surface area contributed by atoms with Crippen molar-refractivity contribution in [2.45, 2.75) is 6.92 Å². The molecule has 5 nitrogen and oxygen atoms in total. The molecule has 0 unspecified atom stereocenters. The number of halogens is 1. The van der Waals surface area contributed by atoms with E-state index < -0.39 is 11.9 Å². The molecule has 0 radical (unpaired) electrons. The number of aryl methyl sites for hydroxylation is 1. The number of carbonyl (C=O) groups is 2. The zero-order chi connectivity index (χ0) is 14.0. The van der Waals surface area contributed by atoms with Crippen molar-refractivity contribution in [3.05, 3.63) is 44.9 Å². The van der Waals surface area contributed by atoms with Gasteiger partial charge >= 0.3 is 5.97 Å². The second-order valence-corrected chi connectivity index (χ2v) is 5.18. The first kappa shape index (κ1) is 13.5. The van der Waals surface area contributed by atoms with Crippen molar-refractivity contribution in [2.24, 2.45) is 0 Å². The number of hydrogen-bond donors (Lipinski definition) is 2. The molecule has 1 aromatic heterocycles. The van der Waals surface area contributed by atoms with Crippen molar-refractivity contribution < 1.29 is 14.7 Å². The summed E-state index contributed by atoms with van der Waals surface area (Å²) in [5.41, 5.74) is 0.575. The Morgan fingerprint density at radius 1 is 1.42 bits per heavy atom. The summed E-state index contributed by atoms with van der Waals surface area (Å²) in [4.78, 5) is 26.8. The molecule has 0 saturated heterocycles. The summed E-state index contributed by atoms with van der Waals surface area (Å²) in [7, 11) is 0. The van der Waals surface area contributed by atoms with Gasteiger partial charge in [0.1, 0.15) is 5.69 Å². The number of amides is 1. The molecular weight excluding hydrogens is 288 g/mol. The molecule has 0 aliphatic carbocycles. The molecule has 0 aliphatic heterocycles. The maximum atomic E-state index is 11.9. The van der Waals surface area contributed by atoms with E-state index in [2.05, 4.69) is 10.3 Å². The molecule has 1 heterocycles. The first-order chi connectivity index (χ1) is 8.97. The summed E-state index contributed by atoms with van der Waals surface area (Å²) in [6.07, 6.45) is 0. The first-order valence-electron chi connectivity index (χ1n) is 5.23. The fraction of sp³-hybridized carbons (Fsp3) is 0.0833. The highest BCUT2D eigenvalue weighted by molar-refractivity contribution is 7.09. The molecule has 0 saturated carbocycles.